The number of rotatable bonds is 4. The zero-order valence-electron chi connectivity index (χ0n) is 30.2. The first-order chi connectivity index (χ1) is 24.1. The minimum Gasteiger partial charge on any atom is -0.487 e. The number of carbonyl (C=O) groups excluding carboxylic acids is 1. The van der Waals surface area contributed by atoms with Crippen molar-refractivity contribution >= 4 is 33.2 Å². The van der Waals surface area contributed by atoms with Crippen molar-refractivity contribution in [3.63, 3.8) is 0 Å². The number of nitrogens with one attached hydrogen (secondary N) is 1. The summed E-state index contributed by atoms with van der Waals surface area (Å²) in [5.41, 5.74) is 3.43. The third-order valence-corrected chi connectivity index (χ3v) is 14.2. The average molecular weight is 730 g/mol. The average Bonchev–Trinajstić information content (AvgIpc) is 3.12. The van der Waals surface area contributed by atoms with Crippen LogP contribution in [0.15, 0.2) is 36.4 Å². The molecule has 0 unspecified atom stereocenters. The molecule has 0 radical (unpaired) electrons. The number of carbonyl (C=O) groups is 1. The zero-order chi connectivity index (χ0) is 35.4. The molecule has 3 heterocycles. The molecule has 276 valence electrons. The van der Waals surface area contributed by atoms with Gasteiger partial charge in [-0.15, -0.1) is 0 Å². The fourth-order valence-electron chi connectivity index (χ4n) is 8.50. The second-order valence-corrected chi connectivity index (χ2v) is 17.4. The van der Waals surface area contributed by atoms with Gasteiger partial charge in [0.05, 0.1) is 30.2 Å². The monoisotopic (exact) mass is 729 g/mol. The zero-order valence-corrected chi connectivity index (χ0v) is 31.8. The van der Waals surface area contributed by atoms with Crippen LogP contribution in [0.25, 0.3) is 0 Å². The number of hydrogen-bond acceptors (Lipinski definition) is 8. The SMILES string of the molecule is CCN(CC)[C@H]1CO[C@@H]([C@@H]2CCC[C@H](C)[C@@H](C)S(=O)(=O)NC(=O)c3ccc4c(c3)N(CCCCc3cc(Cl)ccc3CO4)C[C@@H]3CC[C@H]32)OC1. The molecular formula is C39H56ClN3O6S. The first-order valence-electron chi connectivity index (χ1n) is 18.9. The molecule has 50 heavy (non-hydrogen) atoms. The van der Waals surface area contributed by atoms with Crippen LogP contribution in [0.4, 0.5) is 5.69 Å². The Morgan fingerprint density at radius 2 is 1.70 bits per heavy atom. The van der Waals surface area contributed by atoms with Gasteiger partial charge in [-0.05, 0) is 124 Å². The summed E-state index contributed by atoms with van der Waals surface area (Å²) in [4.78, 5) is 18.3. The van der Waals surface area contributed by atoms with E-state index in [0.717, 1.165) is 93.8 Å². The molecule has 3 aliphatic heterocycles. The molecule has 1 saturated carbocycles. The maximum absolute atomic E-state index is 13.5. The van der Waals surface area contributed by atoms with E-state index in [4.69, 9.17) is 25.8 Å². The van der Waals surface area contributed by atoms with E-state index in [1.165, 1.54) is 5.56 Å². The molecule has 1 aliphatic carbocycles. The number of benzene rings is 2. The largest absolute Gasteiger partial charge is 0.487 e. The topological polar surface area (TPSA) is 97.4 Å². The van der Waals surface area contributed by atoms with Gasteiger partial charge in [0.2, 0.25) is 10.0 Å². The molecular weight excluding hydrogens is 674 g/mol. The standard InChI is InChI=1S/C39H56ClN3O6S/c1-5-42(6-2)33-24-48-39(49-25-33)35-12-9-10-26(3)27(4)50(45,46)41-38(44)29-15-18-37-36(21-29)43(22-30-14-17-34(30)35)19-8-7-11-28-20-32(40)16-13-31(28)23-47-37/h13,15-16,18,20-21,26-27,30,33-35,39H,5-12,14,17,19,22-25H2,1-4H3,(H,41,44)/t26-,27+,30-,33-,34+,35+,39+/m0/s1. The van der Waals surface area contributed by atoms with Crippen LogP contribution in [-0.2, 0) is 32.5 Å². The Labute approximate surface area is 304 Å². The summed E-state index contributed by atoms with van der Waals surface area (Å²) in [5, 5.41) is -0.000902. The second kappa shape index (κ2) is 16.5. The summed E-state index contributed by atoms with van der Waals surface area (Å²) in [6.45, 7) is 13.3. The highest BCUT2D eigenvalue weighted by Crippen LogP contribution is 2.46. The van der Waals surface area contributed by atoms with E-state index < -0.39 is 21.2 Å². The summed E-state index contributed by atoms with van der Waals surface area (Å²) < 4.78 is 49.0. The molecule has 5 atom stereocenters. The van der Waals surface area contributed by atoms with Crippen LogP contribution in [0.3, 0.4) is 0 Å². The maximum atomic E-state index is 13.5. The minimum absolute atomic E-state index is 0.125. The highest BCUT2D eigenvalue weighted by molar-refractivity contribution is 7.90. The third kappa shape index (κ3) is 8.46. The lowest BCUT2D eigenvalue weighted by Crippen LogP contribution is -2.52. The lowest BCUT2D eigenvalue weighted by atomic mass is 9.65. The number of amides is 1. The Morgan fingerprint density at radius 3 is 2.42 bits per heavy atom. The minimum atomic E-state index is -3.91. The van der Waals surface area contributed by atoms with Gasteiger partial charge in [-0.1, -0.05) is 44.9 Å². The van der Waals surface area contributed by atoms with E-state index in [-0.39, 0.29) is 24.2 Å². The van der Waals surface area contributed by atoms with E-state index in [1.54, 1.807) is 13.0 Å². The van der Waals surface area contributed by atoms with Crippen molar-refractivity contribution in [1.82, 2.24) is 9.62 Å². The van der Waals surface area contributed by atoms with Crippen LogP contribution in [0.5, 0.6) is 5.75 Å². The van der Waals surface area contributed by atoms with Crippen LogP contribution >= 0.6 is 11.6 Å². The normalized spacial score (nSPS) is 30.9. The molecule has 2 aromatic carbocycles. The van der Waals surface area contributed by atoms with Crippen LogP contribution in [0, 0.1) is 23.7 Å². The van der Waals surface area contributed by atoms with Gasteiger partial charge in [0, 0.05) is 29.6 Å². The number of aryl methyl sites for hydroxylation is 1. The molecule has 1 amide bonds. The van der Waals surface area contributed by atoms with Crippen molar-refractivity contribution in [2.75, 3.05) is 44.3 Å². The summed E-state index contributed by atoms with van der Waals surface area (Å²) in [5.74, 6) is 1.04. The second-order valence-electron chi connectivity index (χ2n) is 15.0. The Hall–Kier alpha value is -2.37. The van der Waals surface area contributed by atoms with E-state index in [0.29, 0.717) is 43.0 Å². The highest BCUT2D eigenvalue weighted by atomic mass is 35.5. The Bertz CT molecular complexity index is 1580. The number of sulfonamides is 1. The Kier molecular flexibility index (Phi) is 12.4. The van der Waals surface area contributed by atoms with Gasteiger partial charge >= 0.3 is 0 Å². The molecule has 11 heteroatoms. The van der Waals surface area contributed by atoms with Crippen molar-refractivity contribution < 1.29 is 27.4 Å². The molecule has 0 spiro atoms. The molecule has 2 fully saturated rings. The van der Waals surface area contributed by atoms with Gasteiger partial charge in [-0.25, -0.2) is 13.1 Å². The van der Waals surface area contributed by atoms with Gasteiger partial charge < -0.3 is 19.1 Å². The van der Waals surface area contributed by atoms with Gasteiger partial charge in [-0.3, -0.25) is 9.69 Å². The molecule has 2 bridgehead atoms. The quantitative estimate of drug-likeness (QED) is 0.358. The fourth-order valence-corrected chi connectivity index (χ4v) is 10.0. The van der Waals surface area contributed by atoms with Gasteiger partial charge in [0.25, 0.3) is 5.91 Å². The van der Waals surface area contributed by atoms with E-state index >= 15 is 0 Å². The van der Waals surface area contributed by atoms with Gasteiger partial charge in [0.15, 0.2) is 6.29 Å². The Balaban J connectivity index is 1.33. The number of anilines is 1. The van der Waals surface area contributed by atoms with Gasteiger partial charge in [0.1, 0.15) is 12.4 Å². The molecule has 2 aromatic rings. The maximum Gasteiger partial charge on any atom is 0.264 e. The number of halogens is 1. The molecule has 4 aliphatic rings. The van der Waals surface area contributed by atoms with Crippen molar-refractivity contribution in [3.05, 3.63) is 58.1 Å². The summed E-state index contributed by atoms with van der Waals surface area (Å²) in [6, 6.07) is 11.6. The predicted molar refractivity (Wildman–Crippen MR) is 198 cm³/mol. The number of ether oxygens (including phenoxy) is 3. The fraction of sp³-hybridized carbons (Fsp3) is 0.667. The number of nitrogens with zero attached hydrogens (tertiary/aromatic N) is 2. The number of likely N-dealkylation sites (N-methyl/N-ethyl adjacent to an activating group) is 1. The summed E-state index contributed by atoms with van der Waals surface area (Å²) in [6.07, 6.45) is 7.36. The van der Waals surface area contributed by atoms with Crippen molar-refractivity contribution in [2.45, 2.75) is 103 Å². The summed E-state index contributed by atoms with van der Waals surface area (Å²) in [7, 11) is -3.91. The first kappa shape index (κ1) is 37.4. The lowest BCUT2D eigenvalue weighted by Gasteiger charge is -2.48. The smallest absolute Gasteiger partial charge is 0.264 e. The predicted octanol–water partition coefficient (Wildman–Crippen LogP) is 7.06. The van der Waals surface area contributed by atoms with Crippen LogP contribution < -0.4 is 14.4 Å². The Morgan fingerprint density at radius 1 is 0.920 bits per heavy atom. The van der Waals surface area contributed by atoms with Crippen LogP contribution in [0.2, 0.25) is 5.02 Å². The molecule has 9 nitrogen and oxygen atoms in total. The lowest BCUT2D eigenvalue weighted by molar-refractivity contribution is -0.243. The van der Waals surface area contributed by atoms with Crippen LogP contribution in [0.1, 0.15) is 94.1 Å². The van der Waals surface area contributed by atoms with E-state index in [9.17, 15) is 13.2 Å². The molecule has 1 N–H and O–H groups in total. The number of hydrogen-bond donors (Lipinski definition) is 1. The van der Waals surface area contributed by atoms with Crippen molar-refractivity contribution in [2.24, 2.45) is 23.7 Å². The third-order valence-electron chi connectivity index (χ3n) is 12.0. The molecule has 6 rings (SSSR count). The van der Waals surface area contributed by atoms with Crippen molar-refractivity contribution in [3.8, 4) is 5.75 Å². The van der Waals surface area contributed by atoms with Crippen molar-refractivity contribution in [1.29, 1.82) is 0 Å². The van der Waals surface area contributed by atoms with E-state index in [1.807, 2.05) is 37.3 Å². The molecule has 1 saturated heterocycles. The highest BCUT2D eigenvalue weighted by Gasteiger charge is 2.44. The summed E-state index contributed by atoms with van der Waals surface area (Å²) >= 11 is 6.39. The first-order valence-corrected chi connectivity index (χ1v) is 20.8. The number of fused-ring (bicyclic) bond motifs is 3. The molecule has 0 aromatic heterocycles. The van der Waals surface area contributed by atoms with E-state index in [2.05, 4.69) is 28.4 Å². The van der Waals surface area contributed by atoms with Crippen LogP contribution in [-0.4, -0.2) is 76.2 Å². The van der Waals surface area contributed by atoms with Gasteiger partial charge in [-0.2, -0.15) is 0 Å².